The number of aromatic nitrogens is 1. The van der Waals surface area contributed by atoms with Crippen molar-refractivity contribution in [3.05, 3.63) is 51.9 Å². The monoisotopic (exact) mass is 322 g/mol. The Kier molecular flexibility index (Phi) is 5.21. The Morgan fingerprint density at radius 2 is 2.00 bits per heavy atom. The highest BCUT2D eigenvalue weighted by Gasteiger charge is 2.23. The van der Waals surface area contributed by atoms with E-state index in [4.69, 9.17) is 16.1 Å². The summed E-state index contributed by atoms with van der Waals surface area (Å²) in [5.41, 5.74) is 2.20. The van der Waals surface area contributed by atoms with Crippen molar-refractivity contribution in [2.24, 2.45) is 0 Å². The molecule has 2 N–H and O–H groups in total. The molecule has 0 spiro atoms. The van der Waals surface area contributed by atoms with E-state index in [0.717, 1.165) is 5.56 Å². The highest BCUT2D eigenvalue weighted by molar-refractivity contribution is 6.30. The summed E-state index contributed by atoms with van der Waals surface area (Å²) in [5, 5.41) is 17.3. The molecule has 1 heterocycles. The van der Waals surface area contributed by atoms with Crippen molar-refractivity contribution in [2.45, 2.75) is 32.8 Å². The highest BCUT2D eigenvalue weighted by Crippen LogP contribution is 2.23. The van der Waals surface area contributed by atoms with Gasteiger partial charge in [0.2, 0.25) is 5.91 Å². The lowest BCUT2D eigenvalue weighted by molar-refractivity contribution is -0.122. The summed E-state index contributed by atoms with van der Waals surface area (Å²) < 4.78 is 5.08. The molecule has 2 atom stereocenters. The minimum absolute atomic E-state index is 0.133. The first kappa shape index (κ1) is 16.5. The Labute approximate surface area is 134 Å². The van der Waals surface area contributed by atoms with Crippen LogP contribution in [0.15, 0.2) is 28.8 Å². The van der Waals surface area contributed by atoms with Crippen molar-refractivity contribution in [1.82, 2.24) is 10.5 Å². The number of hydrogen-bond acceptors (Lipinski definition) is 4. The molecule has 0 radical (unpaired) electrons. The van der Waals surface area contributed by atoms with Crippen LogP contribution in [0.4, 0.5) is 0 Å². The van der Waals surface area contributed by atoms with Crippen molar-refractivity contribution in [2.75, 3.05) is 6.54 Å². The summed E-state index contributed by atoms with van der Waals surface area (Å²) in [5.74, 6) is 0.0736. The normalized spacial score (nSPS) is 13.7. The zero-order valence-corrected chi connectivity index (χ0v) is 13.5. The third kappa shape index (κ3) is 3.67. The molecule has 0 bridgehead atoms. The number of carbonyl (C=O) groups excluding carboxylic acids is 1. The molecular weight excluding hydrogens is 304 g/mol. The molecule has 22 heavy (non-hydrogen) atoms. The lowest BCUT2D eigenvalue weighted by Crippen LogP contribution is -2.32. The van der Waals surface area contributed by atoms with Crippen LogP contribution >= 0.6 is 11.6 Å². The van der Waals surface area contributed by atoms with Gasteiger partial charge in [0, 0.05) is 17.1 Å². The summed E-state index contributed by atoms with van der Waals surface area (Å²) in [4.78, 5) is 12.2. The molecule has 0 aliphatic heterocycles. The number of rotatable bonds is 5. The van der Waals surface area contributed by atoms with E-state index >= 15 is 0 Å². The fraction of sp³-hybridized carbons (Fsp3) is 0.375. The second kappa shape index (κ2) is 6.94. The van der Waals surface area contributed by atoms with E-state index in [-0.39, 0.29) is 18.4 Å². The molecule has 1 amide bonds. The molecule has 6 heteroatoms. The Bertz CT molecular complexity index is 632. The van der Waals surface area contributed by atoms with E-state index in [0.29, 0.717) is 22.0 Å². The maximum absolute atomic E-state index is 12.2. The van der Waals surface area contributed by atoms with Gasteiger partial charge in [-0.1, -0.05) is 28.9 Å². The van der Waals surface area contributed by atoms with Gasteiger partial charge in [-0.15, -0.1) is 0 Å². The second-order valence-electron chi connectivity index (χ2n) is 5.27. The summed E-state index contributed by atoms with van der Waals surface area (Å²) in [6.45, 7) is 5.50. The fourth-order valence-electron chi connectivity index (χ4n) is 2.39. The van der Waals surface area contributed by atoms with Crippen LogP contribution in [-0.4, -0.2) is 22.7 Å². The molecule has 2 rings (SSSR count). The molecule has 0 saturated carbocycles. The van der Waals surface area contributed by atoms with Crippen LogP contribution in [-0.2, 0) is 4.79 Å². The van der Waals surface area contributed by atoms with Gasteiger partial charge < -0.3 is 14.9 Å². The van der Waals surface area contributed by atoms with E-state index in [1.807, 2.05) is 0 Å². The Hall–Kier alpha value is -1.85. The molecule has 0 fully saturated rings. The first-order valence-corrected chi connectivity index (χ1v) is 7.42. The fourth-order valence-corrected chi connectivity index (χ4v) is 2.52. The molecule has 5 nitrogen and oxygen atoms in total. The van der Waals surface area contributed by atoms with Gasteiger partial charge in [0.05, 0.1) is 17.7 Å². The smallest absolute Gasteiger partial charge is 0.227 e. The first-order valence-electron chi connectivity index (χ1n) is 7.04. The Balaban J connectivity index is 1.96. The van der Waals surface area contributed by atoms with Crippen molar-refractivity contribution < 1.29 is 14.4 Å². The second-order valence-corrected chi connectivity index (χ2v) is 5.71. The van der Waals surface area contributed by atoms with Crippen LogP contribution in [0.3, 0.4) is 0 Å². The number of amides is 1. The molecule has 0 aliphatic rings. The van der Waals surface area contributed by atoms with Gasteiger partial charge in [0.1, 0.15) is 5.76 Å². The number of hydrogen-bond donors (Lipinski definition) is 2. The Morgan fingerprint density at radius 1 is 1.36 bits per heavy atom. The van der Waals surface area contributed by atoms with Gasteiger partial charge in [0.15, 0.2) is 0 Å². The van der Waals surface area contributed by atoms with E-state index in [9.17, 15) is 9.90 Å². The number of aliphatic hydroxyl groups is 1. The van der Waals surface area contributed by atoms with Crippen molar-refractivity contribution >= 4 is 17.5 Å². The topological polar surface area (TPSA) is 75.4 Å². The van der Waals surface area contributed by atoms with Crippen LogP contribution in [0.25, 0.3) is 0 Å². The molecule has 0 saturated heterocycles. The minimum Gasteiger partial charge on any atom is -0.387 e. The van der Waals surface area contributed by atoms with Crippen LogP contribution in [0.1, 0.15) is 41.5 Å². The zero-order valence-electron chi connectivity index (χ0n) is 12.8. The molecule has 118 valence electrons. The molecular formula is C16H19ClN2O3. The summed E-state index contributed by atoms with van der Waals surface area (Å²) in [6.07, 6.45) is -0.780. The average Bonchev–Trinajstić information content (AvgIpc) is 2.83. The van der Waals surface area contributed by atoms with E-state index in [1.165, 1.54) is 0 Å². The van der Waals surface area contributed by atoms with Crippen LogP contribution in [0, 0.1) is 13.8 Å². The largest absolute Gasteiger partial charge is 0.387 e. The summed E-state index contributed by atoms with van der Waals surface area (Å²) >= 11 is 5.81. The maximum atomic E-state index is 12.2. The standard InChI is InChI=1S/C16H19ClN2O3/c1-9(15-10(2)19-22-11(15)3)16(21)18-8-14(20)12-4-6-13(17)7-5-12/h4-7,9,14,20H,8H2,1-3H3,(H,18,21). The summed E-state index contributed by atoms with van der Waals surface area (Å²) in [6, 6.07) is 6.87. The Morgan fingerprint density at radius 3 is 2.55 bits per heavy atom. The SMILES string of the molecule is Cc1noc(C)c1C(C)C(=O)NCC(O)c1ccc(Cl)cc1. The average molecular weight is 323 g/mol. The summed E-state index contributed by atoms with van der Waals surface area (Å²) in [7, 11) is 0. The maximum Gasteiger partial charge on any atom is 0.227 e. The number of benzene rings is 1. The van der Waals surface area contributed by atoms with Gasteiger partial charge in [-0.05, 0) is 38.5 Å². The van der Waals surface area contributed by atoms with E-state index in [2.05, 4.69) is 10.5 Å². The van der Waals surface area contributed by atoms with Crippen molar-refractivity contribution in [1.29, 1.82) is 0 Å². The predicted molar refractivity (Wildman–Crippen MR) is 83.8 cm³/mol. The molecule has 1 aromatic heterocycles. The van der Waals surface area contributed by atoms with Crippen LogP contribution in [0.5, 0.6) is 0 Å². The van der Waals surface area contributed by atoms with Gasteiger partial charge in [0.25, 0.3) is 0 Å². The number of aryl methyl sites for hydroxylation is 2. The van der Waals surface area contributed by atoms with Crippen molar-refractivity contribution in [3.8, 4) is 0 Å². The molecule has 2 unspecified atom stereocenters. The lowest BCUT2D eigenvalue weighted by Gasteiger charge is -2.15. The van der Waals surface area contributed by atoms with Crippen LogP contribution in [0.2, 0.25) is 5.02 Å². The molecule has 1 aromatic carbocycles. The van der Waals surface area contributed by atoms with E-state index < -0.39 is 6.10 Å². The van der Waals surface area contributed by atoms with Gasteiger partial charge in [-0.2, -0.15) is 0 Å². The van der Waals surface area contributed by atoms with Crippen LogP contribution < -0.4 is 5.32 Å². The number of nitrogens with zero attached hydrogens (tertiary/aromatic N) is 1. The third-order valence-corrected chi connectivity index (χ3v) is 3.89. The zero-order chi connectivity index (χ0) is 16.3. The minimum atomic E-state index is -0.780. The van der Waals surface area contributed by atoms with Gasteiger partial charge in [-0.25, -0.2) is 0 Å². The van der Waals surface area contributed by atoms with E-state index in [1.54, 1.807) is 45.0 Å². The third-order valence-electron chi connectivity index (χ3n) is 3.64. The highest BCUT2D eigenvalue weighted by atomic mass is 35.5. The quantitative estimate of drug-likeness (QED) is 0.887. The van der Waals surface area contributed by atoms with Gasteiger partial charge >= 0.3 is 0 Å². The number of aliphatic hydroxyl groups excluding tert-OH is 1. The van der Waals surface area contributed by atoms with Gasteiger partial charge in [-0.3, -0.25) is 4.79 Å². The number of nitrogens with one attached hydrogen (secondary N) is 1. The number of carbonyl (C=O) groups is 1. The molecule has 0 aliphatic carbocycles. The lowest BCUT2D eigenvalue weighted by atomic mass is 9.98. The predicted octanol–water partition coefficient (Wildman–Crippen LogP) is 2.90. The van der Waals surface area contributed by atoms with Crippen molar-refractivity contribution in [3.63, 3.8) is 0 Å². The number of halogens is 1. The molecule has 2 aromatic rings. The first-order chi connectivity index (χ1) is 10.4.